The molecule has 2 aromatic rings. The first-order chi connectivity index (χ1) is 10.7. The highest BCUT2D eigenvalue weighted by Gasteiger charge is 2.30. The molecule has 0 aliphatic carbocycles. The lowest BCUT2D eigenvalue weighted by Gasteiger charge is -2.07. The second kappa shape index (κ2) is 9.74. The molecule has 7 heteroatoms. The molecule has 2 N–H and O–H groups in total. The number of phenolic OH excluding ortho intramolecular Hbond substituents is 1. The van der Waals surface area contributed by atoms with E-state index in [9.17, 15) is 13.2 Å². The Hall–Kier alpha value is -2.21. The van der Waals surface area contributed by atoms with Gasteiger partial charge in [0.25, 0.3) is 0 Å². The van der Waals surface area contributed by atoms with Gasteiger partial charge in [-0.1, -0.05) is 17.7 Å². The van der Waals surface area contributed by atoms with Crippen LogP contribution in [0, 0.1) is 6.92 Å². The van der Waals surface area contributed by atoms with Crippen LogP contribution in [-0.2, 0) is 11.0 Å². The van der Waals surface area contributed by atoms with Crippen LogP contribution in [0.15, 0.2) is 42.5 Å². The van der Waals surface area contributed by atoms with E-state index in [1.165, 1.54) is 6.92 Å². The molecule has 0 amide bonds. The number of aromatic hydroxyl groups is 1. The Morgan fingerprint density at radius 2 is 1.74 bits per heavy atom. The van der Waals surface area contributed by atoms with Gasteiger partial charge in [0.1, 0.15) is 12.5 Å². The smallest absolute Gasteiger partial charge is 0.416 e. The average molecular weight is 348 g/mol. The summed E-state index contributed by atoms with van der Waals surface area (Å²) in [5.41, 5.74) is 0.533. The van der Waals surface area contributed by atoms with Crippen LogP contribution < -0.4 is 5.32 Å². The van der Waals surface area contributed by atoms with Crippen LogP contribution in [-0.4, -0.2) is 18.9 Å². The normalized spacial score (nSPS) is 9.83. The Balaban J connectivity index is 0.000000392. The van der Waals surface area contributed by atoms with E-state index < -0.39 is 11.7 Å². The number of hydrogen-bond acceptors (Lipinski definition) is 3. The summed E-state index contributed by atoms with van der Waals surface area (Å²) in [6.07, 6.45) is -4.33. The Morgan fingerprint density at radius 1 is 1.13 bits per heavy atom. The van der Waals surface area contributed by atoms with Crippen molar-refractivity contribution in [1.82, 2.24) is 0 Å². The molecule has 0 unspecified atom stereocenters. The summed E-state index contributed by atoms with van der Waals surface area (Å²) in [6.45, 7) is 3.42. The molecule has 2 rings (SSSR count). The minimum absolute atomic E-state index is 0.122. The molecule has 126 valence electrons. The van der Waals surface area contributed by atoms with E-state index in [1.54, 1.807) is 0 Å². The lowest BCUT2D eigenvalue weighted by Crippen LogP contribution is -2.04. The van der Waals surface area contributed by atoms with E-state index in [1.807, 2.05) is 38.1 Å². The van der Waals surface area contributed by atoms with Gasteiger partial charge in [0.15, 0.2) is 0 Å². The number of nitrogens with one attached hydrogen (secondary N) is 1. The largest absolute Gasteiger partial charge is 0.508 e. The van der Waals surface area contributed by atoms with Crippen molar-refractivity contribution in [3.8, 4) is 5.75 Å². The highest BCUT2D eigenvalue weighted by molar-refractivity contribution is 6.30. The predicted octanol–water partition coefficient (Wildman–Crippen LogP) is 4.92. The average Bonchev–Trinajstić information content (AvgIpc) is 2.51. The van der Waals surface area contributed by atoms with Crippen molar-refractivity contribution in [1.29, 1.82) is 0 Å². The molecule has 0 aliphatic heterocycles. The number of aryl methyl sites for hydroxylation is 1. The molecular weight excluding hydrogens is 331 g/mol. The molecule has 0 bridgehead atoms. The molecule has 0 saturated heterocycles. The third-order valence-corrected chi connectivity index (χ3v) is 2.87. The molecule has 0 heterocycles. The second-order valence-corrected chi connectivity index (χ2v) is 4.70. The van der Waals surface area contributed by atoms with Crippen molar-refractivity contribution in [2.45, 2.75) is 13.1 Å². The Bertz CT molecular complexity index is 619. The van der Waals surface area contributed by atoms with Gasteiger partial charge in [-0.3, -0.25) is 0 Å². The molecule has 0 aliphatic rings. The summed E-state index contributed by atoms with van der Waals surface area (Å²) in [4.78, 5) is 8.00. The highest BCUT2D eigenvalue weighted by atomic mass is 35.5. The van der Waals surface area contributed by atoms with Gasteiger partial charge in [-0.05, 0) is 48.9 Å². The standard InChI is InChI=1S/C8H7F3O.C7H8ClN.CH2O/c1-5-4-6(8(9,10)11)2-3-7(5)12;1-9-7-4-2-3-6(8)5-7;1-2/h2-4,12H,1H3;2-5,9H,1H3;1H2. The van der Waals surface area contributed by atoms with E-state index >= 15 is 0 Å². The number of alkyl halides is 3. The van der Waals surface area contributed by atoms with E-state index in [0.29, 0.717) is 0 Å². The van der Waals surface area contributed by atoms with E-state index in [2.05, 4.69) is 5.32 Å². The van der Waals surface area contributed by atoms with Crippen LogP contribution in [0.1, 0.15) is 11.1 Å². The molecule has 0 fully saturated rings. The quantitative estimate of drug-likeness (QED) is 0.770. The van der Waals surface area contributed by atoms with Crippen LogP contribution in [0.4, 0.5) is 18.9 Å². The molecule has 0 atom stereocenters. The second-order valence-electron chi connectivity index (χ2n) is 4.26. The number of hydrogen-bond donors (Lipinski definition) is 2. The topological polar surface area (TPSA) is 49.3 Å². The van der Waals surface area contributed by atoms with Gasteiger partial charge < -0.3 is 15.2 Å². The van der Waals surface area contributed by atoms with E-state index in [-0.39, 0.29) is 11.3 Å². The zero-order chi connectivity index (χ0) is 18.0. The van der Waals surface area contributed by atoms with Crippen LogP contribution >= 0.6 is 11.6 Å². The fraction of sp³-hybridized carbons (Fsp3) is 0.188. The van der Waals surface area contributed by atoms with Gasteiger partial charge in [-0.2, -0.15) is 13.2 Å². The van der Waals surface area contributed by atoms with E-state index in [0.717, 1.165) is 28.9 Å². The van der Waals surface area contributed by atoms with Crippen molar-refractivity contribution >= 4 is 24.1 Å². The number of anilines is 1. The zero-order valence-corrected chi connectivity index (χ0v) is 13.4. The maximum Gasteiger partial charge on any atom is 0.416 e. The van der Waals surface area contributed by atoms with Crippen molar-refractivity contribution in [2.75, 3.05) is 12.4 Å². The monoisotopic (exact) mass is 347 g/mol. The van der Waals surface area contributed by atoms with Gasteiger partial charge in [0.05, 0.1) is 5.56 Å². The van der Waals surface area contributed by atoms with Crippen LogP contribution in [0.2, 0.25) is 5.02 Å². The number of halogens is 4. The highest BCUT2D eigenvalue weighted by Crippen LogP contribution is 2.31. The third kappa shape index (κ3) is 7.56. The summed E-state index contributed by atoms with van der Waals surface area (Å²) < 4.78 is 36.1. The number of benzene rings is 2. The van der Waals surface area contributed by atoms with Crippen molar-refractivity contribution < 1.29 is 23.1 Å². The lowest BCUT2D eigenvalue weighted by molar-refractivity contribution is -0.137. The number of rotatable bonds is 1. The molecule has 2 aromatic carbocycles. The Morgan fingerprint density at radius 3 is 2.13 bits per heavy atom. The van der Waals surface area contributed by atoms with Gasteiger partial charge >= 0.3 is 6.18 Å². The van der Waals surface area contributed by atoms with Crippen molar-refractivity contribution in [3.63, 3.8) is 0 Å². The first kappa shape index (κ1) is 20.8. The number of carbonyl (C=O) groups excluding carboxylic acids is 1. The van der Waals surface area contributed by atoms with Gasteiger partial charge in [0, 0.05) is 17.8 Å². The minimum atomic E-state index is -4.33. The maximum atomic E-state index is 12.0. The molecule has 23 heavy (non-hydrogen) atoms. The van der Waals surface area contributed by atoms with Gasteiger partial charge in [-0.25, -0.2) is 0 Å². The Kier molecular flexibility index (Phi) is 8.80. The predicted molar refractivity (Wildman–Crippen MR) is 86.0 cm³/mol. The summed E-state index contributed by atoms with van der Waals surface area (Å²) >= 11 is 5.68. The van der Waals surface area contributed by atoms with Gasteiger partial charge in [-0.15, -0.1) is 0 Å². The first-order valence-corrected chi connectivity index (χ1v) is 6.71. The van der Waals surface area contributed by atoms with Crippen LogP contribution in [0.3, 0.4) is 0 Å². The van der Waals surface area contributed by atoms with Crippen LogP contribution in [0.5, 0.6) is 5.75 Å². The Labute approximate surface area is 137 Å². The third-order valence-electron chi connectivity index (χ3n) is 2.64. The van der Waals surface area contributed by atoms with E-state index in [4.69, 9.17) is 21.5 Å². The summed E-state index contributed by atoms with van der Waals surface area (Å²) in [6, 6.07) is 10.4. The van der Waals surface area contributed by atoms with Crippen molar-refractivity contribution in [3.05, 3.63) is 58.6 Å². The summed E-state index contributed by atoms with van der Waals surface area (Å²) in [5.74, 6) is -0.122. The molecule has 3 nitrogen and oxygen atoms in total. The van der Waals surface area contributed by atoms with Crippen molar-refractivity contribution in [2.24, 2.45) is 0 Å². The zero-order valence-electron chi connectivity index (χ0n) is 12.6. The molecule has 0 spiro atoms. The summed E-state index contributed by atoms with van der Waals surface area (Å²) in [5, 5.41) is 12.7. The minimum Gasteiger partial charge on any atom is -0.508 e. The van der Waals surface area contributed by atoms with Gasteiger partial charge in [0.2, 0.25) is 0 Å². The first-order valence-electron chi connectivity index (χ1n) is 6.33. The molecule has 0 radical (unpaired) electrons. The fourth-order valence-electron chi connectivity index (χ4n) is 1.48. The maximum absolute atomic E-state index is 12.0. The van der Waals surface area contributed by atoms with Crippen LogP contribution in [0.25, 0.3) is 0 Å². The SMILES string of the molecule is C=O.CNc1cccc(Cl)c1.Cc1cc(C(F)(F)F)ccc1O. The number of carbonyl (C=O) groups is 1. The molecule has 0 aromatic heterocycles. The molecule has 0 saturated carbocycles. The lowest BCUT2D eigenvalue weighted by atomic mass is 10.1. The number of phenols is 1. The molecular formula is C16H17ClF3NO2. The fourth-order valence-corrected chi connectivity index (χ4v) is 1.67. The summed E-state index contributed by atoms with van der Waals surface area (Å²) in [7, 11) is 1.87.